The van der Waals surface area contributed by atoms with Crippen molar-refractivity contribution in [2.24, 2.45) is 0 Å². The lowest BCUT2D eigenvalue weighted by Crippen LogP contribution is -2.31. The molecule has 9 nitrogen and oxygen atoms in total. The Kier molecular flexibility index (Phi) is 8.44. The van der Waals surface area contributed by atoms with Crippen molar-refractivity contribution in [3.05, 3.63) is 82.5 Å². The highest BCUT2D eigenvalue weighted by Crippen LogP contribution is 2.39. The Hall–Kier alpha value is -4.70. The second-order valence-electron chi connectivity index (χ2n) is 8.75. The number of benzene rings is 2. The number of hydrogen-bond donors (Lipinski definition) is 0. The maximum Gasteiger partial charge on any atom is 0.417 e. The van der Waals surface area contributed by atoms with Crippen LogP contribution in [0.5, 0.6) is 5.75 Å². The number of hydrogen-bond acceptors (Lipinski definition) is 9. The molecule has 0 bridgehead atoms. The molecule has 13 heteroatoms. The summed E-state index contributed by atoms with van der Waals surface area (Å²) < 4.78 is 50.4. The summed E-state index contributed by atoms with van der Waals surface area (Å²) in [4.78, 5) is 55.3. The molecule has 1 aliphatic rings. The number of ether oxygens (including phenoxy) is 2. The number of aryl methyl sites for hydroxylation is 1. The summed E-state index contributed by atoms with van der Waals surface area (Å²) in [7, 11) is 1.49. The Morgan fingerprint density at radius 3 is 2.32 bits per heavy atom. The van der Waals surface area contributed by atoms with Crippen molar-refractivity contribution in [3.8, 4) is 11.8 Å². The first kappa shape index (κ1) is 29.3. The van der Waals surface area contributed by atoms with Gasteiger partial charge in [0.1, 0.15) is 16.8 Å². The first-order valence-corrected chi connectivity index (χ1v) is 12.8. The van der Waals surface area contributed by atoms with Gasteiger partial charge in [0.15, 0.2) is 12.4 Å². The molecule has 1 atom stereocenters. The highest BCUT2D eigenvalue weighted by Gasteiger charge is 2.42. The Bertz CT molecular complexity index is 1570. The van der Waals surface area contributed by atoms with E-state index in [1.807, 2.05) is 0 Å². The van der Waals surface area contributed by atoms with Crippen molar-refractivity contribution < 1.29 is 41.8 Å². The van der Waals surface area contributed by atoms with Crippen molar-refractivity contribution in [2.75, 3.05) is 18.6 Å². The third kappa shape index (κ3) is 6.38. The average molecular weight is 584 g/mol. The van der Waals surface area contributed by atoms with Gasteiger partial charge in [-0.05, 0) is 61.5 Å². The number of Topliss-reactive ketones (excluding diaryl/α,β-unsaturated/α-hetero) is 1. The molecule has 4 rings (SSSR count). The highest BCUT2D eigenvalue weighted by atomic mass is 32.2. The van der Waals surface area contributed by atoms with E-state index in [0.29, 0.717) is 23.1 Å². The number of aromatic nitrogens is 1. The quantitative estimate of drug-likeness (QED) is 0.210. The Morgan fingerprint density at radius 2 is 1.73 bits per heavy atom. The van der Waals surface area contributed by atoms with Gasteiger partial charge < -0.3 is 9.47 Å². The molecule has 2 amide bonds. The van der Waals surface area contributed by atoms with Gasteiger partial charge in [0.05, 0.1) is 34.7 Å². The molecule has 1 unspecified atom stereocenters. The molecule has 41 heavy (non-hydrogen) atoms. The van der Waals surface area contributed by atoms with E-state index in [0.717, 1.165) is 11.0 Å². The number of amides is 2. The van der Waals surface area contributed by atoms with E-state index in [1.54, 1.807) is 12.1 Å². The molecule has 2 heterocycles. The van der Waals surface area contributed by atoms with E-state index in [4.69, 9.17) is 9.47 Å². The summed E-state index contributed by atoms with van der Waals surface area (Å²) in [6, 6.07) is 13.8. The third-order valence-electron chi connectivity index (χ3n) is 6.00. The molecule has 210 valence electrons. The number of esters is 1. The summed E-state index contributed by atoms with van der Waals surface area (Å²) in [5.74, 6) is -2.00. The van der Waals surface area contributed by atoms with E-state index in [2.05, 4.69) is 4.98 Å². The minimum Gasteiger partial charge on any atom is -0.497 e. The topological polar surface area (TPSA) is 127 Å². The monoisotopic (exact) mass is 583 g/mol. The van der Waals surface area contributed by atoms with Crippen LogP contribution in [-0.4, -0.2) is 47.5 Å². The lowest BCUT2D eigenvalue weighted by atomic mass is 10.1. The number of methoxy groups -OCH3 is 1. The molecule has 0 radical (unpaired) electrons. The number of nitriles is 1. The van der Waals surface area contributed by atoms with Gasteiger partial charge in [0, 0.05) is 17.7 Å². The number of carbonyl (C=O) groups is 4. The summed E-state index contributed by atoms with van der Waals surface area (Å²) >= 11 is 0.616. The smallest absolute Gasteiger partial charge is 0.417 e. The number of nitrogens with zero attached hydrogens (tertiary/aromatic N) is 3. The van der Waals surface area contributed by atoms with Crippen molar-refractivity contribution in [1.82, 2.24) is 4.98 Å². The third-order valence-corrected chi connectivity index (χ3v) is 7.17. The minimum absolute atomic E-state index is 0.000581. The number of rotatable bonds is 8. The predicted molar refractivity (Wildman–Crippen MR) is 139 cm³/mol. The first-order valence-electron chi connectivity index (χ1n) is 11.9. The largest absolute Gasteiger partial charge is 0.497 e. The summed E-state index contributed by atoms with van der Waals surface area (Å²) in [5, 5.41) is 7.96. The van der Waals surface area contributed by atoms with Crippen LogP contribution in [0.15, 0.2) is 59.6 Å². The van der Waals surface area contributed by atoms with Gasteiger partial charge in [-0.1, -0.05) is 11.8 Å². The molecule has 1 fully saturated rings. The molecular weight excluding hydrogens is 563 g/mol. The lowest BCUT2D eigenvalue weighted by molar-refractivity contribution is -0.138. The fourth-order valence-electron chi connectivity index (χ4n) is 3.98. The molecule has 0 N–H and O–H groups in total. The number of imide groups is 1. The molecule has 0 saturated carbocycles. The maximum absolute atomic E-state index is 13.4. The van der Waals surface area contributed by atoms with Crippen LogP contribution < -0.4 is 9.64 Å². The zero-order valence-corrected chi connectivity index (χ0v) is 22.3. The molecule has 1 saturated heterocycles. The standard InChI is InChI=1S/C28H20F3N3O6S/c1-15-11-21(28(29,30)31)20(13-32)25(33-15)41-23-12-24(36)34(26(23)37)18-7-3-17(4-8-18)27(38)40-14-22(35)16-5-9-19(39-2)10-6-16/h3-11,23H,12,14H2,1-2H3. The normalized spacial score (nSPS) is 15.0. The zero-order valence-electron chi connectivity index (χ0n) is 21.5. The van der Waals surface area contributed by atoms with Gasteiger partial charge in [-0.15, -0.1) is 0 Å². The number of thioether (sulfide) groups is 1. The van der Waals surface area contributed by atoms with E-state index < -0.39 is 52.7 Å². The van der Waals surface area contributed by atoms with Gasteiger partial charge >= 0.3 is 12.1 Å². The molecule has 1 aromatic heterocycles. The average Bonchev–Trinajstić information content (AvgIpc) is 3.22. The second-order valence-corrected chi connectivity index (χ2v) is 9.95. The minimum atomic E-state index is -4.80. The van der Waals surface area contributed by atoms with E-state index in [-0.39, 0.29) is 28.4 Å². The van der Waals surface area contributed by atoms with Gasteiger partial charge in [-0.2, -0.15) is 18.4 Å². The Labute approximate surface area is 235 Å². The predicted octanol–water partition coefficient (Wildman–Crippen LogP) is 4.75. The van der Waals surface area contributed by atoms with Crippen molar-refractivity contribution in [2.45, 2.75) is 29.8 Å². The fraction of sp³-hybridized carbons (Fsp3) is 0.214. The van der Waals surface area contributed by atoms with Crippen LogP contribution in [0.3, 0.4) is 0 Å². The van der Waals surface area contributed by atoms with Crippen LogP contribution in [0.25, 0.3) is 0 Å². The van der Waals surface area contributed by atoms with Crippen LogP contribution >= 0.6 is 11.8 Å². The van der Waals surface area contributed by atoms with Gasteiger partial charge in [-0.3, -0.25) is 14.4 Å². The first-order chi connectivity index (χ1) is 19.4. The van der Waals surface area contributed by atoms with E-state index in [9.17, 15) is 37.6 Å². The van der Waals surface area contributed by atoms with Crippen molar-refractivity contribution >= 4 is 41.0 Å². The van der Waals surface area contributed by atoms with Crippen LogP contribution in [0.4, 0.5) is 18.9 Å². The highest BCUT2D eigenvalue weighted by molar-refractivity contribution is 8.00. The number of carbonyl (C=O) groups excluding carboxylic acids is 4. The van der Waals surface area contributed by atoms with Crippen LogP contribution in [0.2, 0.25) is 0 Å². The van der Waals surface area contributed by atoms with Crippen molar-refractivity contribution in [3.63, 3.8) is 0 Å². The molecular formula is C28H20F3N3O6S. The summed E-state index contributed by atoms with van der Waals surface area (Å²) in [6.45, 7) is 0.818. The molecule has 3 aromatic rings. The zero-order chi connectivity index (χ0) is 29.9. The summed E-state index contributed by atoms with van der Waals surface area (Å²) in [6.07, 6.45) is -5.13. The SMILES string of the molecule is COc1ccc(C(=O)COC(=O)c2ccc(N3C(=O)CC(Sc4nc(C)cc(C(F)(F)F)c4C#N)C3=O)cc2)cc1. The second kappa shape index (κ2) is 11.8. The van der Waals surface area contributed by atoms with Crippen LogP contribution in [0, 0.1) is 18.3 Å². The van der Waals surface area contributed by atoms with Crippen LogP contribution in [-0.2, 0) is 20.5 Å². The Balaban J connectivity index is 1.44. The van der Waals surface area contributed by atoms with Crippen LogP contribution in [0.1, 0.15) is 44.0 Å². The van der Waals surface area contributed by atoms with Gasteiger partial charge in [-0.25, -0.2) is 14.7 Å². The van der Waals surface area contributed by atoms with E-state index in [1.165, 1.54) is 56.5 Å². The van der Waals surface area contributed by atoms with E-state index >= 15 is 0 Å². The summed E-state index contributed by atoms with van der Waals surface area (Å²) in [5.41, 5.74) is -1.38. The number of ketones is 1. The maximum atomic E-state index is 13.4. The number of alkyl halides is 3. The number of halogens is 3. The lowest BCUT2D eigenvalue weighted by Gasteiger charge is -2.16. The molecule has 0 aliphatic carbocycles. The Morgan fingerprint density at radius 1 is 1.10 bits per heavy atom. The van der Waals surface area contributed by atoms with Gasteiger partial charge in [0.2, 0.25) is 11.8 Å². The van der Waals surface area contributed by atoms with Gasteiger partial charge in [0.25, 0.3) is 0 Å². The molecule has 2 aromatic carbocycles. The number of anilines is 1. The number of pyridine rings is 1. The fourth-order valence-corrected chi connectivity index (χ4v) is 5.16. The molecule has 0 spiro atoms. The molecule has 1 aliphatic heterocycles. The van der Waals surface area contributed by atoms with Crippen molar-refractivity contribution in [1.29, 1.82) is 5.26 Å².